The lowest BCUT2D eigenvalue weighted by Gasteiger charge is -2.09. The van der Waals surface area contributed by atoms with Crippen molar-refractivity contribution in [2.45, 2.75) is 40.2 Å². The third kappa shape index (κ3) is 3.37. The van der Waals surface area contributed by atoms with Crippen molar-refractivity contribution in [3.05, 3.63) is 56.8 Å². The van der Waals surface area contributed by atoms with Crippen LogP contribution in [-0.2, 0) is 19.4 Å². The number of ether oxygens (including phenoxy) is 1. The van der Waals surface area contributed by atoms with Gasteiger partial charge in [0.1, 0.15) is 11.5 Å². The number of rotatable bonds is 5. The summed E-state index contributed by atoms with van der Waals surface area (Å²) < 4.78 is 11.4. The van der Waals surface area contributed by atoms with Crippen LogP contribution in [0.3, 0.4) is 0 Å². The number of aryl methyl sites for hydroxylation is 3. The van der Waals surface area contributed by atoms with Crippen molar-refractivity contribution in [1.29, 1.82) is 0 Å². The quantitative estimate of drug-likeness (QED) is 0.708. The van der Waals surface area contributed by atoms with Gasteiger partial charge in [-0.05, 0) is 44.9 Å². The average Bonchev–Trinajstić information content (AvgIpc) is 3.20. The highest BCUT2D eigenvalue weighted by Gasteiger charge is 2.29. The number of furan rings is 1. The number of amides is 1. The van der Waals surface area contributed by atoms with E-state index in [1.807, 2.05) is 45.0 Å². The number of hydrogen-bond acceptors (Lipinski definition) is 5. The van der Waals surface area contributed by atoms with Gasteiger partial charge < -0.3 is 14.5 Å². The van der Waals surface area contributed by atoms with E-state index < -0.39 is 0 Å². The van der Waals surface area contributed by atoms with Crippen LogP contribution in [0.25, 0.3) is 11.3 Å². The molecule has 0 radical (unpaired) electrons. The molecule has 27 heavy (non-hydrogen) atoms. The zero-order valence-corrected chi connectivity index (χ0v) is 16.5. The molecule has 1 aliphatic rings. The van der Waals surface area contributed by atoms with E-state index in [1.165, 1.54) is 4.88 Å². The van der Waals surface area contributed by atoms with Crippen molar-refractivity contribution >= 4 is 17.2 Å². The van der Waals surface area contributed by atoms with Crippen molar-refractivity contribution in [2.75, 3.05) is 6.61 Å². The van der Waals surface area contributed by atoms with E-state index in [0.29, 0.717) is 18.9 Å². The molecule has 0 unspecified atom stereocenters. The third-order valence-corrected chi connectivity index (χ3v) is 5.76. The molecule has 6 heteroatoms. The minimum atomic E-state index is -0.190. The Morgan fingerprint density at radius 3 is 2.78 bits per heavy atom. The maximum atomic E-state index is 12.7. The van der Waals surface area contributed by atoms with Gasteiger partial charge in [0.2, 0.25) is 0 Å². The van der Waals surface area contributed by atoms with Crippen molar-refractivity contribution in [3.8, 4) is 17.0 Å². The van der Waals surface area contributed by atoms with Crippen LogP contribution in [0.15, 0.2) is 28.7 Å². The van der Waals surface area contributed by atoms with Gasteiger partial charge in [-0.1, -0.05) is 12.1 Å². The molecular formula is C21H22N2O3S. The zero-order chi connectivity index (χ0) is 19.0. The summed E-state index contributed by atoms with van der Waals surface area (Å²) in [6, 6.07) is 7.73. The maximum absolute atomic E-state index is 12.7. The molecule has 0 spiro atoms. The Balaban J connectivity index is 1.51. The van der Waals surface area contributed by atoms with Crippen LogP contribution in [-0.4, -0.2) is 17.5 Å². The van der Waals surface area contributed by atoms with E-state index in [2.05, 4.69) is 10.3 Å². The molecule has 5 nitrogen and oxygen atoms in total. The number of fused-ring (bicyclic) bond motifs is 3. The monoisotopic (exact) mass is 382 g/mol. The highest BCUT2D eigenvalue weighted by atomic mass is 32.1. The van der Waals surface area contributed by atoms with E-state index in [1.54, 1.807) is 11.3 Å². The number of benzene rings is 1. The van der Waals surface area contributed by atoms with E-state index in [0.717, 1.165) is 51.7 Å². The van der Waals surface area contributed by atoms with Gasteiger partial charge in [0.15, 0.2) is 5.76 Å². The van der Waals surface area contributed by atoms with E-state index in [-0.39, 0.29) is 5.91 Å². The van der Waals surface area contributed by atoms with Crippen LogP contribution in [0.1, 0.15) is 44.3 Å². The molecule has 4 rings (SSSR count). The van der Waals surface area contributed by atoms with Gasteiger partial charge in [0.25, 0.3) is 5.91 Å². The van der Waals surface area contributed by atoms with Gasteiger partial charge in [-0.3, -0.25) is 4.79 Å². The van der Waals surface area contributed by atoms with Gasteiger partial charge in [-0.25, -0.2) is 4.98 Å². The van der Waals surface area contributed by atoms with Crippen LogP contribution in [0.4, 0.5) is 0 Å². The molecule has 0 saturated carbocycles. The molecule has 0 fully saturated rings. The molecule has 1 aromatic carbocycles. The second-order valence-electron chi connectivity index (χ2n) is 6.62. The molecule has 2 aromatic heterocycles. The number of thiazole rings is 1. The lowest BCUT2D eigenvalue weighted by Crippen LogP contribution is -2.23. The highest BCUT2D eigenvalue weighted by Crippen LogP contribution is 2.40. The summed E-state index contributed by atoms with van der Waals surface area (Å²) in [5.41, 5.74) is 3.89. The minimum absolute atomic E-state index is 0.190. The summed E-state index contributed by atoms with van der Waals surface area (Å²) in [6.07, 6.45) is 1.74. The molecule has 140 valence electrons. The lowest BCUT2D eigenvalue weighted by atomic mass is 9.97. The van der Waals surface area contributed by atoms with Crippen LogP contribution < -0.4 is 10.1 Å². The first-order valence-corrected chi connectivity index (χ1v) is 9.97. The first kappa shape index (κ1) is 17.8. The van der Waals surface area contributed by atoms with Crippen molar-refractivity contribution < 1.29 is 13.9 Å². The molecular weight excluding hydrogens is 360 g/mol. The Morgan fingerprint density at radius 1 is 1.26 bits per heavy atom. The highest BCUT2D eigenvalue weighted by molar-refractivity contribution is 7.12. The molecule has 0 aliphatic heterocycles. The molecule has 0 saturated heterocycles. The second kappa shape index (κ2) is 7.19. The van der Waals surface area contributed by atoms with Crippen LogP contribution in [0.2, 0.25) is 0 Å². The number of carbonyl (C=O) groups is 1. The predicted octanol–water partition coefficient (Wildman–Crippen LogP) is 4.45. The molecule has 1 amide bonds. The number of nitrogens with one attached hydrogen (secondary N) is 1. The molecule has 1 N–H and O–H groups in total. The molecule has 0 bridgehead atoms. The summed E-state index contributed by atoms with van der Waals surface area (Å²) in [5, 5.41) is 4.01. The standard InChI is InChI=1S/C21H22N2O3S/c1-4-25-15-7-5-14(6-8-15)11-22-21(24)20-12(2)18-16(26-20)9-10-17-19(18)23-13(3)27-17/h5-8H,4,9-11H2,1-3H3,(H,22,24). The van der Waals surface area contributed by atoms with E-state index in [4.69, 9.17) is 9.15 Å². The summed E-state index contributed by atoms with van der Waals surface area (Å²) in [7, 11) is 0. The van der Waals surface area contributed by atoms with E-state index >= 15 is 0 Å². The normalized spacial score (nSPS) is 12.4. The molecule has 2 heterocycles. The fourth-order valence-electron chi connectivity index (χ4n) is 3.47. The smallest absolute Gasteiger partial charge is 0.287 e. The summed E-state index contributed by atoms with van der Waals surface area (Å²) >= 11 is 1.73. The largest absolute Gasteiger partial charge is 0.494 e. The lowest BCUT2D eigenvalue weighted by molar-refractivity contribution is 0.0920. The fraction of sp³-hybridized carbons (Fsp3) is 0.333. The SMILES string of the molecule is CCOc1ccc(CNC(=O)c2oc3c(c2C)-c2nc(C)sc2CC3)cc1. The van der Waals surface area contributed by atoms with Crippen LogP contribution >= 0.6 is 11.3 Å². The van der Waals surface area contributed by atoms with Gasteiger partial charge in [0, 0.05) is 29.0 Å². The Kier molecular flexibility index (Phi) is 4.74. The van der Waals surface area contributed by atoms with Gasteiger partial charge in [-0.15, -0.1) is 11.3 Å². The summed E-state index contributed by atoms with van der Waals surface area (Å²) in [5.74, 6) is 1.90. The Hall–Kier alpha value is -2.60. The Labute approximate surface area is 162 Å². The average molecular weight is 382 g/mol. The Bertz CT molecular complexity index is 986. The van der Waals surface area contributed by atoms with Gasteiger partial charge in [-0.2, -0.15) is 0 Å². The van der Waals surface area contributed by atoms with Crippen LogP contribution in [0, 0.1) is 13.8 Å². The fourth-order valence-corrected chi connectivity index (χ4v) is 4.41. The van der Waals surface area contributed by atoms with Crippen LogP contribution in [0.5, 0.6) is 5.75 Å². The predicted molar refractivity (Wildman–Crippen MR) is 105 cm³/mol. The number of carbonyl (C=O) groups excluding carboxylic acids is 1. The van der Waals surface area contributed by atoms with Crippen molar-refractivity contribution in [2.24, 2.45) is 0 Å². The Morgan fingerprint density at radius 2 is 2.04 bits per heavy atom. The first-order valence-electron chi connectivity index (χ1n) is 9.15. The molecule has 1 aliphatic carbocycles. The third-order valence-electron chi connectivity index (χ3n) is 4.73. The number of aromatic nitrogens is 1. The number of nitrogens with zero attached hydrogens (tertiary/aromatic N) is 1. The number of hydrogen-bond donors (Lipinski definition) is 1. The maximum Gasteiger partial charge on any atom is 0.287 e. The van der Waals surface area contributed by atoms with Crippen molar-refractivity contribution in [3.63, 3.8) is 0 Å². The minimum Gasteiger partial charge on any atom is -0.494 e. The van der Waals surface area contributed by atoms with Crippen molar-refractivity contribution in [1.82, 2.24) is 10.3 Å². The second-order valence-corrected chi connectivity index (χ2v) is 7.91. The zero-order valence-electron chi connectivity index (χ0n) is 15.7. The van der Waals surface area contributed by atoms with Gasteiger partial charge in [0.05, 0.1) is 17.3 Å². The molecule has 3 aromatic rings. The topological polar surface area (TPSA) is 64.4 Å². The van der Waals surface area contributed by atoms with Gasteiger partial charge >= 0.3 is 0 Å². The molecule has 0 atom stereocenters. The summed E-state index contributed by atoms with van der Waals surface area (Å²) in [4.78, 5) is 18.6. The first-order chi connectivity index (χ1) is 13.1. The summed E-state index contributed by atoms with van der Waals surface area (Å²) in [6.45, 7) is 6.99. The van der Waals surface area contributed by atoms with E-state index in [9.17, 15) is 4.79 Å².